The highest BCUT2D eigenvalue weighted by Gasteiger charge is 2.20. The van der Waals surface area contributed by atoms with Crippen LogP contribution in [0, 0.1) is 12.8 Å². The van der Waals surface area contributed by atoms with Crippen LogP contribution in [-0.4, -0.2) is 40.9 Å². The highest BCUT2D eigenvalue weighted by molar-refractivity contribution is 5.04. The first-order valence-corrected chi connectivity index (χ1v) is 6.89. The monoisotopic (exact) mass is 252 g/mol. The molecule has 0 atom stereocenters. The molecule has 18 heavy (non-hydrogen) atoms. The van der Waals surface area contributed by atoms with Gasteiger partial charge in [-0.05, 0) is 45.3 Å². The Morgan fingerprint density at radius 3 is 2.61 bits per heavy atom. The van der Waals surface area contributed by atoms with Gasteiger partial charge in [-0.1, -0.05) is 24.2 Å². The zero-order chi connectivity index (χ0) is 13.0. The van der Waals surface area contributed by atoms with Crippen molar-refractivity contribution in [3.05, 3.63) is 11.4 Å². The van der Waals surface area contributed by atoms with Crippen LogP contribution in [0.4, 0.5) is 0 Å². The average molecular weight is 252 g/mol. The van der Waals surface area contributed by atoms with Crippen LogP contribution >= 0.6 is 0 Å². The molecule has 0 saturated carbocycles. The average Bonchev–Trinajstić information content (AvgIpc) is 2.74. The van der Waals surface area contributed by atoms with E-state index >= 15 is 0 Å². The molecule has 5 heteroatoms. The summed E-state index contributed by atoms with van der Waals surface area (Å²) in [6.07, 6.45) is 2.54. The number of aryl methyl sites for hydroxylation is 1. The second-order valence-corrected chi connectivity index (χ2v) is 5.58. The van der Waals surface area contributed by atoms with Crippen molar-refractivity contribution < 1.29 is 4.63 Å². The van der Waals surface area contributed by atoms with Crippen LogP contribution in [0.5, 0.6) is 0 Å². The lowest BCUT2D eigenvalue weighted by molar-refractivity contribution is 0.169. The largest absolute Gasteiger partial charge is 0.314 e. The molecule has 2 rings (SSSR count). The standard InChI is InChI=1S/C13H24N4O/c1-10(2)14-8-12-4-6-17(7-5-12)9-13-11(3)15-18-16-13/h10,12,14H,4-9H2,1-3H3. The van der Waals surface area contributed by atoms with E-state index in [1.54, 1.807) is 0 Å². The highest BCUT2D eigenvalue weighted by Crippen LogP contribution is 2.18. The van der Waals surface area contributed by atoms with E-state index in [4.69, 9.17) is 4.63 Å². The van der Waals surface area contributed by atoms with Crippen LogP contribution in [0.3, 0.4) is 0 Å². The molecule has 1 aromatic heterocycles. The van der Waals surface area contributed by atoms with Gasteiger partial charge in [-0.25, -0.2) is 4.63 Å². The van der Waals surface area contributed by atoms with Crippen molar-refractivity contribution in [3.8, 4) is 0 Å². The molecule has 2 heterocycles. The van der Waals surface area contributed by atoms with Crippen LogP contribution in [-0.2, 0) is 6.54 Å². The first-order chi connectivity index (χ1) is 8.65. The summed E-state index contributed by atoms with van der Waals surface area (Å²) < 4.78 is 4.74. The second kappa shape index (κ2) is 6.29. The number of likely N-dealkylation sites (tertiary alicyclic amines) is 1. The van der Waals surface area contributed by atoms with E-state index in [2.05, 4.69) is 34.4 Å². The fourth-order valence-corrected chi connectivity index (χ4v) is 2.36. The number of rotatable bonds is 5. The molecule has 1 aromatic rings. The molecule has 1 fully saturated rings. The molecular formula is C13H24N4O. The third-order valence-electron chi connectivity index (χ3n) is 3.64. The predicted molar refractivity (Wildman–Crippen MR) is 70.2 cm³/mol. The molecule has 5 nitrogen and oxygen atoms in total. The molecule has 0 aliphatic carbocycles. The van der Waals surface area contributed by atoms with Gasteiger partial charge in [-0.3, -0.25) is 4.90 Å². The van der Waals surface area contributed by atoms with Crippen molar-refractivity contribution >= 4 is 0 Å². The van der Waals surface area contributed by atoms with E-state index < -0.39 is 0 Å². The maximum absolute atomic E-state index is 4.74. The molecule has 1 aliphatic heterocycles. The zero-order valence-corrected chi connectivity index (χ0v) is 11.6. The molecule has 102 valence electrons. The third-order valence-corrected chi connectivity index (χ3v) is 3.64. The summed E-state index contributed by atoms with van der Waals surface area (Å²) in [7, 11) is 0. The second-order valence-electron chi connectivity index (χ2n) is 5.58. The maximum atomic E-state index is 4.74. The summed E-state index contributed by atoms with van der Waals surface area (Å²) in [6.45, 7) is 10.7. The Kier molecular flexibility index (Phi) is 4.72. The van der Waals surface area contributed by atoms with Gasteiger partial charge in [-0.2, -0.15) is 0 Å². The summed E-state index contributed by atoms with van der Waals surface area (Å²) in [5.74, 6) is 0.820. The Morgan fingerprint density at radius 2 is 2.06 bits per heavy atom. The third kappa shape index (κ3) is 3.78. The van der Waals surface area contributed by atoms with Crippen LogP contribution in [0.15, 0.2) is 4.63 Å². The van der Waals surface area contributed by atoms with Crippen molar-refractivity contribution in [3.63, 3.8) is 0 Å². The minimum absolute atomic E-state index is 0.590. The van der Waals surface area contributed by atoms with Gasteiger partial charge in [0.15, 0.2) is 0 Å². The lowest BCUT2D eigenvalue weighted by Gasteiger charge is -2.31. The van der Waals surface area contributed by atoms with Gasteiger partial charge in [0.05, 0.1) is 0 Å². The zero-order valence-electron chi connectivity index (χ0n) is 11.6. The number of nitrogens with zero attached hydrogens (tertiary/aromatic N) is 3. The Labute approximate surface area is 109 Å². The van der Waals surface area contributed by atoms with E-state index in [0.29, 0.717) is 6.04 Å². The molecule has 0 bridgehead atoms. The van der Waals surface area contributed by atoms with E-state index in [9.17, 15) is 0 Å². The van der Waals surface area contributed by atoms with E-state index in [1.165, 1.54) is 12.8 Å². The molecule has 0 amide bonds. The number of aromatic nitrogens is 2. The van der Waals surface area contributed by atoms with Gasteiger partial charge in [-0.15, -0.1) is 0 Å². The number of nitrogens with one attached hydrogen (secondary N) is 1. The summed E-state index contributed by atoms with van der Waals surface area (Å²) >= 11 is 0. The van der Waals surface area contributed by atoms with Gasteiger partial charge in [0.2, 0.25) is 0 Å². The normalized spacial score (nSPS) is 18.7. The Balaban J connectivity index is 1.72. The number of hydrogen-bond donors (Lipinski definition) is 1. The summed E-state index contributed by atoms with van der Waals surface area (Å²) in [5.41, 5.74) is 1.90. The number of piperidine rings is 1. The van der Waals surface area contributed by atoms with E-state index in [1.807, 2.05) is 6.92 Å². The molecule has 0 aromatic carbocycles. The molecule has 0 radical (unpaired) electrons. The quantitative estimate of drug-likeness (QED) is 0.862. The Bertz CT molecular complexity index is 356. The molecule has 0 unspecified atom stereocenters. The minimum atomic E-state index is 0.590. The maximum Gasteiger partial charge on any atom is 0.122 e. The van der Waals surface area contributed by atoms with Gasteiger partial charge >= 0.3 is 0 Å². The Hall–Kier alpha value is -0.940. The van der Waals surface area contributed by atoms with Crippen molar-refractivity contribution in [2.75, 3.05) is 19.6 Å². The lowest BCUT2D eigenvalue weighted by atomic mass is 9.96. The van der Waals surface area contributed by atoms with Crippen molar-refractivity contribution in [1.29, 1.82) is 0 Å². The summed E-state index contributed by atoms with van der Waals surface area (Å²) in [4.78, 5) is 2.44. The molecule has 1 N–H and O–H groups in total. The Morgan fingerprint density at radius 1 is 1.33 bits per heavy atom. The SMILES string of the molecule is Cc1nonc1CN1CCC(CNC(C)C)CC1. The first kappa shape index (κ1) is 13.5. The van der Waals surface area contributed by atoms with E-state index in [0.717, 1.165) is 43.5 Å². The topological polar surface area (TPSA) is 54.2 Å². The predicted octanol–water partition coefficient (Wildman–Crippen LogP) is 1.59. The molecule has 0 spiro atoms. The van der Waals surface area contributed by atoms with Crippen molar-refractivity contribution in [1.82, 2.24) is 20.5 Å². The molecule has 1 saturated heterocycles. The van der Waals surface area contributed by atoms with Crippen molar-refractivity contribution in [2.45, 2.75) is 46.2 Å². The van der Waals surface area contributed by atoms with Crippen molar-refractivity contribution in [2.24, 2.45) is 5.92 Å². The van der Waals surface area contributed by atoms with Crippen LogP contribution in [0.25, 0.3) is 0 Å². The lowest BCUT2D eigenvalue weighted by Crippen LogP contribution is -2.38. The molecular weight excluding hydrogens is 228 g/mol. The van der Waals surface area contributed by atoms with Gasteiger partial charge in [0.1, 0.15) is 11.4 Å². The minimum Gasteiger partial charge on any atom is -0.314 e. The van der Waals surface area contributed by atoms with E-state index in [-0.39, 0.29) is 0 Å². The smallest absolute Gasteiger partial charge is 0.122 e. The van der Waals surface area contributed by atoms with Crippen LogP contribution in [0.1, 0.15) is 38.1 Å². The fourth-order valence-electron chi connectivity index (χ4n) is 2.36. The highest BCUT2D eigenvalue weighted by atomic mass is 16.6. The summed E-state index contributed by atoms with van der Waals surface area (Å²) in [5, 5.41) is 11.3. The van der Waals surface area contributed by atoms with Gasteiger partial charge in [0.25, 0.3) is 0 Å². The summed E-state index contributed by atoms with van der Waals surface area (Å²) in [6, 6.07) is 0.590. The van der Waals surface area contributed by atoms with Gasteiger partial charge < -0.3 is 5.32 Å². The van der Waals surface area contributed by atoms with Crippen LogP contribution in [0.2, 0.25) is 0 Å². The fraction of sp³-hybridized carbons (Fsp3) is 0.846. The van der Waals surface area contributed by atoms with Crippen LogP contribution < -0.4 is 5.32 Å². The number of hydrogen-bond acceptors (Lipinski definition) is 5. The first-order valence-electron chi connectivity index (χ1n) is 6.89. The molecule has 1 aliphatic rings. The van der Waals surface area contributed by atoms with Gasteiger partial charge in [0, 0.05) is 12.6 Å².